The Morgan fingerprint density at radius 3 is 2.52 bits per heavy atom. The number of nitrogens with zero attached hydrogens (tertiary/aromatic N) is 1. The van der Waals surface area contributed by atoms with Gasteiger partial charge in [0.1, 0.15) is 17.3 Å². The molecule has 2 N–H and O–H groups in total. The van der Waals surface area contributed by atoms with E-state index < -0.39 is 17.7 Å². The van der Waals surface area contributed by atoms with Crippen LogP contribution in [0.5, 0.6) is 11.5 Å². The van der Waals surface area contributed by atoms with Gasteiger partial charge in [-0.2, -0.15) is 0 Å². The highest BCUT2D eigenvalue weighted by Gasteiger charge is 2.47. The molecule has 0 aromatic heterocycles. The van der Waals surface area contributed by atoms with E-state index in [-0.39, 0.29) is 35.8 Å². The number of aliphatic hydroxyl groups excluding tert-OH is 1. The predicted octanol–water partition coefficient (Wildman–Crippen LogP) is 4.09. The first-order valence-electron chi connectivity index (χ1n) is 11.2. The molecule has 0 spiro atoms. The topological polar surface area (TPSA) is 96.3 Å². The van der Waals surface area contributed by atoms with E-state index in [9.17, 15) is 19.8 Å². The molecule has 2 unspecified atom stereocenters. The van der Waals surface area contributed by atoms with Crippen LogP contribution in [-0.2, 0) is 14.3 Å². The number of ketones is 1. The first-order chi connectivity index (χ1) is 15.8. The van der Waals surface area contributed by atoms with Crippen LogP contribution < -0.4 is 4.74 Å². The summed E-state index contributed by atoms with van der Waals surface area (Å²) in [4.78, 5) is 27.6. The first kappa shape index (κ1) is 22.9. The Morgan fingerprint density at radius 1 is 1.18 bits per heavy atom. The van der Waals surface area contributed by atoms with E-state index >= 15 is 0 Å². The average Bonchev–Trinajstić information content (AvgIpc) is 3.37. The van der Waals surface area contributed by atoms with Crippen molar-refractivity contribution >= 4 is 17.4 Å². The minimum absolute atomic E-state index is 0.000717. The van der Waals surface area contributed by atoms with E-state index in [2.05, 4.69) is 0 Å². The quantitative estimate of drug-likeness (QED) is 0.390. The van der Waals surface area contributed by atoms with E-state index in [1.807, 2.05) is 20.8 Å². The van der Waals surface area contributed by atoms with Gasteiger partial charge in [0.25, 0.3) is 11.7 Å². The average molecular weight is 452 g/mol. The van der Waals surface area contributed by atoms with Crippen molar-refractivity contribution in [2.75, 3.05) is 13.2 Å². The minimum Gasteiger partial charge on any atom is -0.508 e. The number of benzene rings is 2. The number of phenolic OH excluding ortho intramolecular Hbond substituents is 1. The predicted molar refractivity (Wildman–Crippen MR) is 123 cm³/mol. The second kappa shape index (κ2) is 9.27. The Hall–Kier alpha value is -3.32. The van der Waals surface area contributed by atoms with Gasteiger partial charge in [-0.1, -0.05) is 12.1 Å². The summed E-state index contributed by atoms with van der Waals surface area (Å²) in [5, 5.41) is 21.0. The number of aryl methyl sites for hydroxylation is 1. The van der Waals surface area contributed by atoms with Crippen LogP contribution in [0.15, 0.2) is 48.0 Å². The number of Topliss-reactive ketones (excluding diaryl/α,β-unsaturated/α-hetero) is 1. The van der Waals surface area contributed by atoms with E-state index in [1.165, 1.54) is 17.0 Å². The lowest BCUT2D eigenvalue weighted by atomic mass is 9.94. The molecule has 2 aliphatic heterocycles. The molecule has 2 saturated heterocycles. The SMILES string of the molecule is Cc1cc(/C(O)=C2/C(=O)C(=O)N(CC3CCCO3)C2c2ccc(O)cc2)ccc1OC(C)C. The van der Waals surface area contributed by atoms with Crippen LogP contribution >= 0.6 is 0 Å². The largest absolute Gasteiger partial charge is 0.508 e. The minimum atomic E-state index is -0.776. The smallest absolute Gasteiger partial charge is 0.295 e. The molecule has 174 valence electrons. The summed E-state index contributed by atoms with van der Waals surface area (Å²) in [5.74, 6) is -0.868. The highest BCUT2D eigenvalue weighted by Crippen LogP contribution is 2.40. The molecule has 7 heteroatoms. The molecular formula is C26H29NO6. The number of ether oxygens (including phenoxy) is 2. The van der Waals surface area contributed by atoms with E-state index in [1.54, 1.807) is 30.3 Å². The Balaban J connectivity index is 1.78. The van der Waals surface area contributed by atoms with Gasteiger partial charge in [0, 0.05) is 18.7 Å². The second-order valence-corrected chi connectivity index (χ2v) is 8.82. The normalized spacial score (nSPS) is 22.4. The number of phenols is 1. The van der Waals surface area contributed by atoms with Crippen molar-refractivity contribution in [3.05, 3.63) is 64.7 Å². The molecule has 2 fully saturated rings. The van der Waals surface area contributed by atoms with Crippen molar-refractivity contribution < 1.29 is 29.3 Å². The summed E-state index contributed by atoms with van der Waals surface area (Å²) in [7, 11) is 0. The molecule has 1 amide bonds. The van der Waals surface area contributed by atoms with Gasteiger partial charge >= 0.3 is 0 Å². The number of carbonyl (C=O) groups is 2. The fourth-order valence-electron chi connectivity index (χ4n) is 4.42. The van der Waals surface area contributed by atoms with Gasteiger partial charge in [-0.15, -0.1) is 0 Å². The first-order valence-corrected chi connectivity index (χ1v) is 11.2. The number of likely N-dealkylation sites (tertiary alicyclic amines) is 1. The molecule has 2 aromatic carbocycles. The zero-order valence-corrected chi connectivity index (χ0v) is 19.1. The lowest BCUT2D eigenvalue weighted by molar-refractivity contribution is -0.140. The molecule has 0 bridgehead atoms. The highest BCUT2D eigenvalue weighted by atomic mass is 16.5. The van der Waals surface area contributed by atoms with Gasteiger partial charge in [-0.3, -0.25) is 9.59 Å². The van der Waals surface area contributed by atoms with Crippen molar-refractivity contribution in [1.29, 1.82) is 0 Å². The van der Waals surface area contributed by atoms with Gasteiger partial charge in [-0.25, -0.2) is 0 Å². The Labute approximate surface area is 193 Å². The summed E-state index contributed by atoms with van der Waals surface area (Å²) >= 11 is 0. The molecule has 0 radical (unpaired) electrons. The molecule has 2 aromatic rings. The van der Waals surface area contributed by atoms with Crippen LogP contribution in [0.2, 0.25) is 0 Å². The third-order valence-electron chi connectivity index (χ3n) is 5.98. The van der Waals surface area contributed by atoms with Crippen molar-refractivity contribution in [2.24, 2.45) is 0 Å². The maximum absolute atomic E-state index is 13.1. The lowest BCUT2D eigenvalue weighted by Crippen LogP contribution is -2.36. The van der Waals surface area contributed by atoms with Gasteiger partial charge in [-0.05, 0) is 75.1 Å². The van der Waals surface area contributed by atoms with Gasteiger partial charge in [0.2, 0.25) is 0 Å². The summed E-state index contributed by atoms with van der Waals surface area (Å²) in [5.41, 5.74) is 1.90. The number of hydrogen-bond donors (Lipinski definition) is 2. The summed E-state index contributed by atoms with van der Waals surface area (Å²) in [6.45, 7) is 6.61. The highest BCUT2D eigenvalue weighted by molar-refractivity contribution is 6.46. The third-order valence-corrected chi connectivity index (χ3v) is 5.98. The van der Waals surface area contributed by atoms with Crippen molar-refractivity contribution in [1.82, 2.24) is 4.90 Å². The molecule has 2 aliphatic rings. The van der Waals surface area contributed by atoms with E-state index in [0.717, 1.165) is 18.4 Å². The number of amides is 1. The number of aromatic hydroxyl groups is 1. The Kier molecular flexibility index (Phi) is 6.42. The maximum Gasteiger partial charge on any atom is 0.295 e. The molecule has 0 aliphatic carbocycles. The molecule has 4 rings (SSSR count). The molecule has 33 heavy (non-hydrogen) atoms. The van der Waals surface area contributed by atoms with E-state index in [4.69, 9.17) is 9.47 Å². The maximum atomic E-state index is 13.1. The fourth-order valence-corrected chi connectivity index (χ4v) is 4.42. The van der Waals surface area contributed by atoms with Crippen LogP contribution in [0.25, 0.3) is 5.76 Å². The van der Waals surface area contributed by atoms with Gasteiger partial charge in [0.05, 0.1) is 23.8 Å². The summed E-state index contributed by atoms with van der Waals surface area (Å²) in [6, 6.07) is 10.7. The molecule has 0 saturated carbocycles. The number of aliphatic hydroxyl groups is 1. The fraction of sp³-hybridized carbons (Fsp3) is 0.385. The van der Waals surface area contributed by atoms with Crippen molar-refractivity contribution in [2.45, 2.75) is 51.9 Å². The van der Waals surface area contributed by atoms with Crippen molar-refractivity contribution in [3.63, 3.8) is 0 Å². The number of carbonyl (C=O) groups excluding carboxylic acids is 2. The summed E-state index contributed by atoms with van der Waals surface area (Å²) in [6.07, 6.45) is 1.56. The molecule has 7 nitrogen and oxygen atoms in total. The standard InChI is InChI=1S/C26H29NO6/c1-15(2)33-21-11-8-18(13-16(21)3)24(29)22-23(17-6-9-19(28)10-7-17)27(26(31)25(22)30)14-20-5-4-12-32-20/h6-11,13,15,20,23,28-29H,4-5,12,14H2,1-3H3/b24-22-. The van der Waals surface area contributed by atoms with Crippen LogP contribution in [-0.4, -0.2) is 52.2 Å². The monoisotopic (exact) mass is 451 g/mol. The second-order valence-electron chi connectivity index (χ2n) is 8.82. The molecule has 2 atom stereocenters. The molecule has 2 heterocycles. The van der Waals surface area contributed by atoms with Crippen LogP contribution in [0, 0.1) is 6.92 Å². The van der Waals surface area contributed by atoms with Crippen molar-refractivity contribution in [3.8, 4) is 11.5 Å². The zero-order chi connectivity index (χ0) is 23.7. The molecular weight excluding hydrogens is 422 g/mol. The van der Waals surface area contributed by atoms with Crippen LogP contribution in [0.3, 0.4) is 0 Å². The third kappa shape index (κ3) is 4.59. The number of rotatable bonds is 6. The van der Waals surface area contributed by atoms with Gasteiger partial charge < -0.3 is 24.6 Å². The van der Waals surface area contributed by atoms with E-state index in [0.29, 0.717) is 23.5 Å². The lowest BCUT2D eigenvalue weighted by Gasteiger charge is -2.27. The zero-order valence-electron chi connectivity index (χ0n) is 19.1. The Bertz CT molecular complexity index is 1080. The number of hydrogen-bond acceptors (Lipinski definition) is 6. The van der Waals surface area contributed by atoms with Crippen LogP contribution in [0.1, 0.15) is 49.4 Å². The summed E-state index contributed by atoms with van der Waals surface area (Å²) < 4.78 is 11.5. The van der Waals surface area contributed by atoms with Gasteiger partial charge in [0.15, 0.2) is 0 Å². The Morgan fingerprint density at radius 2 is 1.91 bits per heavy atom. The van der Waals surface area contributed by atoms with Crippen LogP contribution in [0.4, 0.5) is 0 Å².